The summed E-state index contributed by atoms with van der Waals surface area (Å²) in [6, 6.07) is 3.46. The molecule has 16 heavy (non-hydrogen) atoms. The van der Waals surface area contributed by atoms with E-state index in [9.17, 15) is 13.2 Å². The molecule has 0 amide bonds. The molecule has 0 aliphatic carbocycles. The topological polar surface area (TPSA) is 26.0 Å². The number of hydrogen-bond donors (Lipinski definition) is 1. The van der Waals surface area contributed by atoms with Crippen LogP contribution in [0.5, 0.6) is 0 Å². The molecule has 2 N–H and O–H groups in total. The fourth-order valence-electron chi connectivity index (χ4n) is 1.47. The molecular formula is C11H13BrF3N. The van der Waals surface area contributed by atoms with Gasteiger partial charge in [-0.25, -0.2) is 0 Å². The monoisotopic (exact) mass is 295 g/mol. The minimum atomic E-state index is -4.33. The third kappa shape index (κ3) is 3.49. The second kappa shape index (κ2) is 5.19. The lowest BCUT2D eigenvalue weighted by Crippen LogP contribution is -2.12. The summed E-state index contributed by atoms with van der Waals surface area (Å²) in [4.78, 5) is 0. The molecular weight excluding hydrogens is 283 g/mol. The summed E-state index contributed by atoms with van der Waals surface area (Å²) < 4.78 is 38.0. The first kappa shape index (κ1) is 13.5. The highest BCUT2D eigenvalue weighted by molar-refractivity contribution is 9.10. The molecule has 0 unspecified atom stereocenters. The van der Waals surface area contributed by atoms with E-state index in [1.165, 1.54) is 0 Å². The Balaban J connectivity index is 3.08. The predicted molar refractivity (Wildman–Crippen MR) is 61.0 cm³/mol. The molecule has 1 aromatic carbocycles. The van der Waals surface area contributed by atoms with Gasteiger partial charge < -0.3 is 5.73 Å². The van der Waals surface area contributed by atoms with Crippen molar-refractivity contribution in [2.45, 2.75) is 32.0 Å². The van der Waals surface area contributed by atoms with Crippen LogP contribution in [0.4, 0.5) is 13.2 Å². The van der Waals surface area contributed by atoms with Crippen molar-refractivity contribution >= 4 is 15.9 Å². The molecule has 1 rings (SSSR count). The van der Waals surface area contributed by atoms with Gasteiger partial charge >= 0.3 is 6.18 Å². The van der Waals surface area contributed by atoms with Crippen LogP contribution in [0.1, 0.15) is 36.9 Å². The van der Waals surface area contributed by atoms with E-state index >= 15 is 0 Å². The Hall–Kier alpha value is -0.550. The van der Waals surface area contributed by atoms with Crippen LogP contribution < -0.4 is 5.73 Å². The van der Waals surface area contributed by atoms with Gasteiger partial charge in [0.25, 0.3) is 0 Å². The lowest BCUT2D eigenvalue weighted by atomic mass is 10.0. The fraction of sp³-hybridized carbons (Fsp3) is 0.455. The quantitative estimate of drug-likeness (QED) is 0.885. The van der Waals surface area contributed by atoms with Crippen LogP contribution in [0.2, 0.25) is 0 Å². The van der Waals surface area contributed by atoms with Crippen LogP contribution in [-0.4, -0.2) is 0 Å². The van der Waals surface area contributed by atoms with Gasteiger partial charge in [-0.05, 0) is 30.2 Å². The zero-order valence-electron chi connectivity index (χ0n) is 8.81. The van der Waals surface area contributed by atoms with Crippen molar-refractivity contribution in [3.05, 3.63) is 33.8 Å². The Morgan fingerprint density at radius 1 is 1.31 bits per heavy atom. The van der Waals surface area contributed by atoms with Crippen molar-refractivity contribution in [2.24, 2.45) is 5.73 Å². The maximum absolute atomic E-state index is 12.5. The Morgan fingerprint density at radius 2 is 1.94 bits per heavy atom. The number of alkyl halides is 3. The van der Waals surface area contributed by atoms with Crippen molar-refractivity contribution in [1.82, 2.24) is 0 Å². The third-order valence-corrected chi connectivity index (χ3v) is 2.73. The highest BCUT2D eigenvalue weighted by atomic mass is 79.9. The molecule has 0 aliphatic rings. The molecule has 0 aliphatic heterocycles. The summed E-state index contributed by atoms with van der Waals surface area (Å²) in [5.74, 6) is 0. The van der Waals surface area contributed by atoms with E-state index in [4.69, 9.17) is 5.73 Å². The van der Waals surface area contributed by atoms with E-state index < -0.39 is 11.7 Å². The highest BCUT2D eigenvalue weighted by Crippen LogP contribution is 2.33. The minimum Gasteiger partial charge on any atom is -0.324 e. The standard InChI is InChI=1S/C11H13BrF3N/c1-2-3-10(16)7-4-8(11(13,14)15)6-9(12)5-7/h4-6,10H,2-3,16H2,1H3/t10-/m0/s1. The van der Waals surface area contributed by atoms with Crippen molar-refractivity contribution in [1.29, 1.82) is 0 Å². The van der Waals surface area contributed by atoms with E-state index in [1.807, 2.05) is 6.92 Å². The maximum Gasteiger partial charge on any atom is 0.416 e. The molecule has 0 radical (unpaired) electrons. The summed E-state index contributed by atoms with van der Waals surface area (Å²) in [7, 11) is 0. The highest BCUT2D eigenvalue weighted by Gasteiger charge is 2.31. The van der Waals surface area contributed by atoms with Crippen LogP contribution >= 0.6 is 15.9 Å². The number of rotatable bonds is 3. The number of nitrogens with two attached hydrogens (primary N) is 1. The molecule has 0 spiro atoms. The van der Waals surface area contributed by atoms with Gasteiger partial charge in [0.05, 0.1) is 5.56 Å². The molecule has 1 atom stereocenters. The summed E-state index contributed by atoms with van der Waals surface area (Å²) in [5.41, 5.74) is 5.65. The number of benzene rings is 1. The molecule has 0 heterocycles. The van der Waals surface area contributed by atoms with Crippen LogP contribution in [0.3, 0.4) is 0 Å². The van der Waals surface area contributed by atoms with Gasteiger partial charge in [0.15, 0.2) is 0 Å². The summed E-state index contributed by atoms with van der Waals surface area (Å²) >= 11 is 3.07. The molecule has 0 aromatic heterocycles. The van der Waals surface area contributed by atoms with Crippen molar-refractivity contribution in [2.75, 3.05) is 0 Å². The second-order valence-corrected chi connectivity index (χ2v) is 4.58. The Labute approximate surface area is 101 Å². The van der Waals surface area contributed by atoms with Gasteiger partial charge in [-0.2, -0.15) is 13.2 Å². The normalized spacial score (nSPS) is 13.9. The molecule has 5 heteroatoms. The second-order valence-electron chi connectivity index (χ2n) is 3.67. The van der Waals surface area contributed by atoms with Crippen LogP contribution in [-0.2, 0) is 6.18 Å². The lowest BCUT2D eigenvalue weighted by Gasteiger charge is -2.14. The van der Waals surface area contributed by atoms with E-state index in [0.717, 1.165) is 18.6 Å². The SMILES string of the molecule is CCC[C@H](N)c1cc(Br)cc(C(F)(F)F)c1. The summed E-state index contributed by atoms with van der Waals surface area (Å²) in [6.45, 7) is 1.95. The first-order chi connectivity index (χ1) is 7.34. The van der Waals surface area contributed by atoms with E-state index in [-0.39, 0.29) is 6.04 Å². The number of hydrogen-bond acceptors (Lipinski definition) is 1. The van der Waals surface area contributed by atoms with Gasteiger partial charge in [0.2, 0.25) is 0 Å². The molecule has 0 saturated heterocycles. The third-order valence-electron chi connectivity index (χ3n) is 2.28. The van der Waals surface area contributed by atoms with Gasteiger partial charge in [-0.1, -0.05) is 29.3 Å². The molecule has 1 nitrogen and oxygen atoms in total. The zero-order chi connectivity index (χ0) is 12.3. The van der Waals surface area contributed by atoms with E-state index in [1.54, 1.807) is 6.07 Å². The Kier molecular flexibility index (Phi) is 4.38. The number of halogens is 4. The fourth-order valence-corrected chi connectivity index (χ4v) is 1.98. The van der Waals surface area contributed by atoms with Crippen LogP contribution in [0, 0.1) is 0 Å². The smallest absolute Gasteiger partial charge is 0.324 e. The Morgan fingerprint density at radius 3 is 2.44 bits per heavy atom. The maximum atomic E-state index is 12.5. The minimum absolute atomic E-state index is 0.344. The molecule has 1 aromatic rings. The molecule has 90 valence electrons. The van der Waals surface area contributed by atoms with Crippen molar-refractivity contribution in [3.63, 3.8) is 0 Å². The summed E-state index contributed by atoms with van der Waals surface area (Å²) in [5, 5.41) is 0. The summed E-state index contributed by atoms with van der Waals surface area (Å²) in [6.07, 6.45) is -2.81. The first-order valence-corrected chi connectivity index (χ1v) is 5.77. The van der Waals surface area contributed by atoms with Crippen LogP contribution in [0.25, 0.3) is 0 Å². The van der Waals surface area contributed by atoms with Crippen molar-refractivity contribution < 1.29 is 13.2 Å². The first-order valence-electron chi connectivity index (χ1n) is 4.98. The van der Waals surface area contributed by atoms with Gasteiger partial charge in [-0.3, -0.25) is 0 Å². The lowest BCUT2D eigenvalue weighted by molar-refractivity contribution is -0.137. The van der Waals surface area contributed by atoms with E-state index in [2.05, 4.69) is 15.9 Å². The van der Waals surface area contributed by atoms with Gasteiger partial charge in [0, 0.05) is 10.5 Å². The predicted octanol–water partition coefficient (Wildman–Crippen LogP) is 4.27. The largest absolute Gasteiger partial charge is 0.416 e. The van der Waals surface area contributed by atoms with E-state index in [0.29, 0.717) is 16.5 Å². The average Bonchev–Trinajstić information content (AvgIpc) is 2.16. The Bertz CT molecular complexity index is 363. The average molecular weight is 296 g/mol. The van der Waals surface area contributed by atoms with Crippen LogP contribution in [0.15, 0.2) is 22.7 Å². The van der Waals surface area contributed by atoms with Gasteiger partial charge in [-0.15, -0.1) is 0 Å². The molecule has 0 bridgehead atoms. The van der Waals surface area contributed by atoms with Gasteiger partial charge in [0.1, 0.15) is 0 Å². The molecule has 0 fully saturated rings. The zero-order valence-corrected chi connectivity index (χ0v) is 10.4. The van der Waals surface area contributed by atoms with Crippen molar-refractivity contribution in [3.8, 4) is 0 Å². The molecule has 0 saturated carbocycles.